The number of rotatable bonds is 4. The molecule has 0 amide bonds. The summed E-state index contributed by atoms with van der Waals surface area (Å²) in [5.74, 6) is 3.01. The Bertz CT molecular complexity index is 964. The molecule has 1 aliphatic rings. The second-order valence-corrected chi connectivity index (χ2v) is 6.40. The van der Waals surface area contributed by atoms with Gasteiger partial charge in [0.1, 0.15) is 17.4 Å². The Morgan fingerprint density at radius 1 is 1.26 bits per heavy atom. The molecule has 4 rings (SSSR count). The number of benzene rings is 1. The number of fused-ring (bicyclic) bond motifs is 1. The van der Waals surface area contributed by atoms with Crippen molar-refractivity contribution in [2.45, 2.75) is 25.9 Å². The van der Waals surface area contributed by atoms with Gasteiger partial charge >= 0.3 is 0 Å². The molecule has 3 N–H and O–H groups in total. The maximum Gasteiger partial charge on any atom is 0.189 e. The van der Waals surface area contributed by atoms with Gasteiger partial charge in [0.05, 0.1) is 19.2 Å². The van der Waals surface area contributed by atoms with Crippen molar-refractivity contribution in [1.82, 2.24) is 19.9 Å². The number of hydrogen-bond donors (Lipinski definition) is 2. The number of hydrogen-bond acceptors (Lipinski definition) is 4. The van der Waals surface area contributed by atoms with Crippen LogP contribution in [0.2, 0.25) is 0 Å². The van der Waals surface area contributed by atoms with Crippen LogP contribution in [0.1, 0.15) is 29.4 Å². The molecule has 1 aromatic carbocycles. The molecule has 7 nitrogen and oxygen atoms in total. The van der Waals surface area contributed by atoms with E-state index in [0.29, 0.717) is 19.1 Å². The predicted molar refractivity (Wildman–Crippen MR) is 104 cm³/mol. The quantitative estimate of drug-likeness (QED) is 0.550. The number of para-hydroxylation sites is 1. The standard InChI is InChI=1S/C20H22N6O/c1-14-22-10-11-26(14)19-15(5-4-9-23-19)13-24-20(21)25-17-8-12-27-18-7-3-2-6-16(17)18/h2-7,9-11,17H,8,12-13H2,1H3,(H3,21,24,25). The van der Waals surface area contributed by atoms with E-state index in [2.05, 4.69) is 26.3 Å². The van der Waals surface area contributed by atoms with Crippen LogP contribution in [-0.2, 0) is 6.54 Å². The Hall–Kier alpha value is -3.35. The van der Waals surface area contributed by atoms with Gasteiger partial charge in [0.2, 0.25) is 0 Å². The van der Waals surface area contributed by atoms with E-state index >= 15 is 0 Å². The van der Waals surface area contributed by atoms with E-state index in [9.17, 15) is 0 Å². The van der Waals surface area contributed by atoms with E-state index in [1.807, 2.05) is 48.0 Å². The van der Waals surface area contributed by atoms with Crippen LogP contribution in [-0.4, -0.2) is 27.1 Å². The third-order valence-corrected chi connectivity index (χ3v) is 4.62. The van der Waals surface area contributed by atoms with Crippen molar-refractivity contribution in [1.29, 1.82) is 0 Å². The summed E-state index contributed by atoms with van der Waals surface area (Å²) in [6.45, 7) is 3.04. The first kappa shape index (κ1) is 17.1. The van der Waals surface area contributed by atoms with Gasteiger partial charge in [-0.25, -0.2) is 15.0 Å². The lowest BCUT2D eigenvalue weighted by molar-refractivity contribution is 0.262. The van der Waals surface area contributed by atoms with E-state index in [1.54, 1.807) is 12.4 Å². The zero-order valence-electron chi connectivity index (χ0n) is 15.2. The van der Waals surface area contributed by atoms with E-state index in [4.69, 9.17) is 10.5 Å². The normalized spacial score (nSPS) is 16.5. The molecule has 0 spiro atoms. The van der Waals surface area contributed by atoms with Crippen LogP contribution in [0.3, 0.4) is 0 Å². The van der Waals surface area contributed by atoms with Crippen molar-refractivity contribution >= 4 is 5.96 Å². The highest BCUT2D eigenvalue weighted by Gasteiger charge is 2.21. The number of nitrogens with one attached hydrogen (secondary N) is 1. The molecule has 0 bridgehead atoms. The fourth-order valence-electron chi connectivity index (χ4n) is 3.26. The molecule has 1 unspecified atom stereocenters. The fraction of sp³-hybridized carbons (Fsp3) is 0.250. The lowest BCUT2D eigenvalue weighted by Crippen LogP contribution is -2.37. The number of imidazole rings is 1. The Morgan fingerprint density at radius 3 is 3.00 bits per heavy atom. The van der Waals surface area contributed by atoms with Gasteiger partial charge in [-0.05, 0) is 19.1 Å². The van der Waals surface area contributed by atoms with Crippen molar-refractivity contribution in [3.05, 3.63) is 71.9 Å². The second kappa shape index (κ2) is 7.49. The highest BCUT2D eigenvalue weighted by Crippen LogP contribution is 2.31. The first-order valence-electron chi connectivity index (χ1n) is 8.95. The Morgan fingerprint density at radius 2 is 2.15 bits per heavy atom. The van der Waals surface area contributed by atoms with Crippen LogP contribution in [0.15, 0.2) is 60.0 Å². The minimum absolute atomic E-state index is 0.1000. The topological polar surface area (TPSA) is 90.4 Å². The van der Waals surface area contributed by atoms with Gasteiger partial charge in [-0.15, -0.1) is 0 Å². The van der Waals surface area contributed by atoms with Crippen molar-refractivity contribution in [3.8, 4) is 11.6 Å². The molecule has 0 radical (unpaired) electrons. The zero-order valence-corrected chi connectivity index (χ0v) is 15.2. The lowest BCUT2D eigenvalue weighted by Gasteiger charge is -2.26. The third kappa shape index (κ3) is 3.62. The first-order chi connectivity index (χ1) is 13.2. The number of nitrogens with two attached hydrogens (primary N) is 1. The summed E-state index contributed by atoms with van der Waals surface area (Å²) in [5, 5.41) is 3.32. The van der Waals surface area contributed by atoms with Crippen molar-refractivity contribution in [2.75, 3.05) is 6.61 Å². The molecule has 0 aliphatic carbocycles. The summed E-state index contributed by atoms with van der Waals surface area (Å²) in [6.07, 6.45) is 6.27. The largest absolute Gasteiger partial charge is 0.493 e. The number of guanidine groups is 1. The molecule has 3 heterocycles. The summed E-state index contributed by atoms with van der Waals surface area (Å²) in [6, 6.07) is 12.0. The summed E-state index contributed by atoms with van der Waals surface area (Å²) >= 11 is 0. The molecule has 0 fully saturated rings. The van der Waals surface area contributed by atoms with E-state index in [1.165, 1.54) is 0 Å². The summed E-state index contributed by atoms with van der Waals surface area (Å²) < 4.78 is 7.64. The average Bonchev–Trinajstić information content (AvgIpc) is 3.13. The fourth-order valence-corrected chi connectivity index (χ4v) is 3.26. The van der Waals surface area contributed by atoms with Gasteiger partial charge < -0.3 is 15.8 Å². The van der Waals surface area contributed by atoms with Crippen molar-refractivity contribution in [2.24, 2.45) is 10.7 Å². The maximum atomic E-state index is 6.17. The monoisotopic (exact) mass is 362 g/mol. The number of ether oxygens (including phenoxy) is 1. The molecule has 0 saturated carbocycles. The van der Waals surface area contributed by atoms with Gasteiger partial charge in [0.15, 0.2) is 5.96 Å². The van der Waals surface area contributed by atoms with E-state index in [0.717, 1.165) is 34.9 Å². The van der Waals surface area contributed by atoms with Crippen molar-refractivity contribution < 1.29 is 4.74 Å². The van der Waals surface area contributed by atoms with Crippen LogP contribution in [0.4, 0.5) is 0 Å². The molecule has 27 heavy (non-hydrogen) atoms. The van der Waals surface area contributed by atoms with Gasteiger partial charge in [0.25, 0.3) is 0 Å². The predicted octanol–water partition coefficient (Wildman–Crippen LogP) is 2.50. The molecule has 2 aromatic heterocycles. The van der Waals surface area contributed by atoms with Crippen LogP contribution < -0.4 is 15.8 Å². The third-order valence-electron chi connectivity index (χ3n) is 4.62. The van der Waals surface area contributed by atoms with Crippen LogP contribution in [0.25, 0.3) is 5.82 Å². The molecule has 1 atom stereocenters. The summed E-state index contributed by atoms with van der Waals surface area (Å²) in [5.41, 5.74) is 8.26. The first-order valence-corrected chi connectivity index (χ1v) is 8.95. The molecule has 7 heteroatoms. The highest BCUT2D eigenvalue weighted by atomic mass is 16.5. The number of aliphatic imine (C=N–C) groups is 1. The molecule has 138 valence electrons. The minimum Gasteiger partial charge on any atom is -0.493 e. The van der Waals surface area contributed by atoms with Crippen LogP contribution in [0.5, 0.6) is 5.75 Å². The van der Waals surface area contributed by atoms with Gasteiger partial charge in [-0.1, -0.05) is 24.3 Å². The van der Waals surface area contributed by atoms with Gasteiger partial charge in [-0.3, -0.25) is 4.57 Å². The smallest absolute Gasteiger partial charge is 0.189 e. The molecule has 1 aliphatic heterocycles. The summed E-state index contributed by atoms with van der Waals surface area (Å²) in [4.78, 5) is 13.3. The van der Waals surface area contributed by atoms with E-state index in [-0.39, 0.29) is 6.04 Å². The summed E-state index contributed by atoms with van der Waals surface area (Å²) in [7, 11) is 0. The molecule has 0 saturated heterocycles. The number of aromatic nitrogens is 3. The molecule has 3 aromatic rings. The minimum atomic E-state index is 0.1000. The Kier molecular flexibility index (Phi) is 4.74. The average molecular weight is 362 g/mol. The van der Waals surface area contributed by atoms with Crippen LogP contribution in [0, 0.1) is 6.92 Å². The Balaban J connectivity index is 1.51. The van der Waals surface area contributed by atoms with Crippen molar-refractivity contribution in [3.63, 3.8) is 0 Å². The lowest BCUT2D eigenvalue weighted by atomic mass is 10.0. The number of pyridine rings is 1. The van der Waals surface area contributed by atoms with E-state index < -0.39 is 0 Å². The Labute approximate surface area is 157 Å². The van der Waals surface area contributed by atoms with Crippen LogP contribution >= 0.6 is 0 Å². The number of aryl methyl sites for hydroxylation is 1. The van der Waals surface area contributed by atoms with Gasteiger partial charge in [0, 0.05) is 36.1 Å². The zero-order chi connectivity index (χ0) is 18.6. The molecular formula is C20H22N6O. The molecular weight excluding hydrogens is 340 g/mol. The van der Waals surface area contributed by atoms with Gasteiger partial charge in [-0.2, -0.15) is 0 Å². The number of nitrogens with zero attached hydrogens (tertiary/aromatic N) is 4. The second-order valence-electron chi connectivity index (χ2n) is 6.40. The maximum absolute atomic E-state index is 6.17. The highest BCUT2D eigenvalue weighted by molar-refractivity contribution is 5.78. The SMILES string of the molecule is Cc1nccn1-c1ncccc1CN=C(N)NC1CCOc2ccccc21.